The second kappa shape index (κ2) is 9.65. The van der Waals surface area contributed by atoms with Gasteiger partial charge in [-0.15, -0.1) is 11.8 Å². The van der Waals surface area contributed by atoms with Crippen molar-refractivity contribution in [1.82, 2.24) is 9.99 Å². The van der Waals surface area contributed by atoms with Crippen LogP contribution in [0.4, 0.5) is 0 Å². The molecule has 0 atom stereocenters. The second-order valence-corrected chi connectivity index (χ2v) is 10.3. The van der Waals surface area contributed by atoms with Crippen molar-refractivity contribution < 1.29 is 4.79 Å². The minimum atomic E-state index is -0.107. The lowest BCUT2D eigenvalue weighted by Gasteiger charge is -2.12. The molecule has 0 radical (unpaired) electrons. The molecule has 0 fully saturated rings. The molecule has 4 nitrogen and oxygen atoms in total. The third-order valence-electron chi connectivity index (χ3n) is 6.09. The molecule has 0 spiro atoms. The number of aromatic nitrogens is 1. The Kier molecular flexibility index (Phi) is 6.44. The SMILES string of the molecule is Cc1cc(/C=N/NC(=O)CSC2c3ccccc3-c3ccccc32)c(C)n1-c1cccc(Br)c1. The number of fused-ring (bicyclic) bond motifs is 3. The van der Waals surface area contributed by atoms with Gasteiger partial charge in [0.05, 0.1) is 17.2 Å². The first-order valence-electron chi connectivity index (χ1n) is 11.1. The van der Waals surface area contributed by atoms with Gasteiger partial charge in [-0.2, -0.15) is 5.10 Å². The van der Waals surface area contributed by atoms with E-state index in [1.807, 2.05) is 12.1 Å². The van der Waals surface area contributed by atoms with Crippen LogP contribution >= 0.6 is 27.7 Å². The first-order chi connectivity index (χ1) is 16.5. The fourth-order valence-corrected chi connectivity index (χ4v) is 6.12. The molecule has 170 valence electrons. The molecule has 0 aliphatic heterocycles. The van der Waals surface area contributed by atoms with Crippen LogP contribution in [0.25, 0.3) is 16.8 Å². The smallest absolute Gasteiger partial charge is 0.250 e. The van der Waals surface area contributed by atoms with E-state index < -0.39 is 0 Å². The minimum Gasteiger partial charge on any atom is -0.318 e. The topological polar surface area (TPSA) is 46.4 Å². The molecule has 1 aliphatic rings. The molecule has 6 heteroatoms. The number of nitrogens with zero attached hydrogens (tertiary/aromatic N) is 2. The van der Waals surface area contributed by atoms with Crippen LogP contribution < -0.4 is 5.43 Å². The van der Waals surface area contributed by atoms with E-state index >= 15 is 0 Å². The number of aryl methyl sites for hydroxylation is 1. The molecule has 1 heterocycles. The van der Waals surface area contributed by atoms with Gasteiger partial charge in [0, 0.05) is 27.1 Å². The average Bonchev–Trinajstić information content (AvgIpc) is 3.31. The number of carbonyl (C=O) groups excluding carboxylic acids is 1. The molecule has 0 saturated carbocycles. The average molecular weight is 530 g/mol. The monoisotopic (exact) mass is 529 g/mol. The zero-order valence-electron chi connectivity index (χ0n) is 19.0. The van der Waals surface area contributed by atoms with Crippen LogP contribution in [-0.2, 0) is 4.79 Å². The van der Waals surface area contributed by atoms with Crippen molar-refractivity contribution in [1.29, 1.82) is 0 Å². The van der Waals surface area contributed by atoms with E-state index in [-0.39, 0.29) is 11.2 Å². The number of thioether (sulfide) groups is 1. The van der Waals surface area contributed by atoms with E-state index in [1.54, 1.807) is 18.0 Å². The van der Waals surface area contributed by atoms with Gasteiger partial charge >= 0.3 is 0 Å². The number of nitrogens with one attached hydrogen (secondary N) is 1. The number of benzene rings is 3. The first kappa shape index (κ1) is 22.7. The number of hydrazone groups is 1. The van der Waals surface area contributed by atoms with E-state index in [2.05, 4.69) is 112 Å². The fourth-order valence-electron chi connectivity index (χ4n) is 4.58. The minimum absolute atomic E-state index is 0.107. The number of halogens is 1. The van der Waals surface area contributed by atoms with Gasteiger partial charge in [-0.1, -0.05) is 70.5 Å². The lowest BCUT2D eigenvalue weighted by Crippen LogP contribution is -2.20. The van der Waals surface area contributed by atoms with Crippen LogP contribution in [0.1, 0.15) is 33.3 Å². The summed E-state index contributed by atoms with van der Waals surface area (Å²) in [6, 6.07) is 27.1. The zero-order chi connectivity index (χ0) is 23.7. The summed E-state index contributed by atoms with van der Waals surface area (Å²) in [4.78, 5) is 12.6. The van der Waals surface area contributed by atoms with Gasteiger partial charge in [-0.05, 0) is 60.4 Å². The Morgan fingerprint density at radius 1 is 1.00 bits per heavy atom. The number of hydrogen-bond acceptors (Lipinski definition) is 3. The van der Waals surface area contributed by atoms with Gasteiger partial charge in [0.15, 0.2) is 0 Å². The van der Waals surface area contributed by atoms with E-state index in [1.165, 1.54) is 22.3 Å². The van der Waals surface area contributed by atoms with Crippen LogP contribution in [0.3, 0.4) is 0 Å². The number of rotatable bonds is 6. The zero-order valence-corrected chi connectivity index (χ0v) is 21.4. The Hall–Kier alpha value is -3.09. The molecule has 0 bridgehead atoms. The Morgan fingerprint density at radius 3 is 2.35 bits per heavy atom. The number of hydrogen-bond donors (Lipinski definition) is 1. The molecule has 5 rings (SSSR count). The van der Waals surface area contributed by atoms with E-state index in [0.29, 0.717) is 5.75 Å². The Bertz CT molecular complexity index is 1360. The molecule has 0 unspecified atom stereocenters. The predicted molar refractivity (Wildman–Crippen MR) is 145 cm³/mol. The van der Waals surface area contributed by atoms with E-state index in [0.717, 1.165) is 27.1 Å². The third kappa shape index (κ3) is 4.36. The first-order valence-corrected chi connectivity index (χ1v) is 12.9. The van der Waals surface area contributed by atoms with E-state index in [9.17, 15) is 4.79 Å². The lowest BCUT2D eigenvalue weighted by atomic mass is 10.1. The molecular weight excluding hydrogens is 506 g/mol. The van der Waals surface area contributed by atoms with Gasteiger partial charge in [-0.25, -0.2) is 5.43 Å². The van der Waals surface area contributed by atoms with Crippen molar-refractivity contribution >= 4 is 39.8 Å². The summed E-state index contributed by atoms with van der Waals surface area (Å²) in [5.41, 5.74) is 12.0. The van der Waals surface area contributed by atoms with Crippen LogP contribution in [0.2, 0.25) is 0 Å². The summed E-state index contributed by atoms with van der Waals surface area (Å²) >= 11 is 5.18. The van der Waals surface area contributed by atoms with Crippen molar-refractivity contribution in [3.8, 4) is 16.8 Å². The highest BCUT2D eigenvalue weighted by molar-refractivity contribution is 9.10. The molecule has 34 heavy (non-hydrogen) atoms. The largest absolute Gasteiger partial charge is 0.318 e. The van der Waals surface area contributed by atoms with Crippen LogP contribution in [0.15, 0.2) is 88.4 Å². The summed E-state index contributed by atoms with van der Waals surface area (Å²) in [7, 11) is 0. The van der Waals surface area contributed by atoms with Crippen molar-refractivity contribution in [2.24, 2.45) is 5.10 Å². The number of carbonyl (C=O) groups is 1. The maximum atomic E-state index is 12.6. The molecule has 1 amide bonds. The summed E-state index contributed by atoms with van der Waals surface area (Å²) in [5, 5.41) is 4.40. The van der Waals surface area contributed by atoms with Crippen molar-refractivity contribution in [2.45, 2.75) is 19.1 Å². The normalized spacial score (nSPS) is 12.7. The summed E-state index contributed by atoms with van der Waals surface area (Å²) in [5.74, 6) is 0.228. The van der Waals surface area contributed by atoms with E-state index in [4.69, 9.17) is 0 Å². The fraction of sp³-hybridized carbons (Fsp3) is 0.143. The quantitative estimate of drug-likeness (QED) is 0.220. The highest BCUT2D eigenvalue weighted by atomic mass is 79.9. The van der Waals surface area contributed by atoms with Crippen LogP contribution in [0, 0.1) is 13.8 Å². The Morgan fingerprint density at radius 2 is 1.68 bits per heavy atom. The Balaban J connectivity index is 1.25. The van der Waals surface area contributed by atoms with Crippen LogP contribution in [-0.4, -0.2) is 22.4 Å². The molecule has 1 N–H and O–H groups in total. The Labute approximate surface area is 212 Å². The molecule has 0 saturated heterocycles. The highest BCUT2D eigenvalue weighted by Crippen LogP contribution is 2.49. The maximum absolute atomic E-state index is 12.6. The van der Waals surface area contributed by atoms with Gasteiger partial charge in [-0.3, -0.25) is 4.79 Å². The molecule has 4 aromatic rings. The summed E-state index contributed by atoms with van der Waals surface area (Å²) < 4.78 is 3.21. The van der Waals surface area contributed by atoms with Gasteiger partial charge in [0.2, 0.25) is 5.91 Å². The number of amides is 1. The highest BCUT2D eigenvalue weighted by Gasteiger charge is 2.28. The van der Waals surface area contributed by atoms with Gasteiger partial charge in [0.25, 0.3) is 0 Å². The van der Waals surface area contributed by atoms with Crippen LogP contribution in [0.5, 0.6) is 0 Å². The van der Waals surface area contributed by atoms with Gasteiger partial charge < -0.3 is 4.57 Å². The standard InChI is InChI=1S/C28H24BrN3OS/c1-18-14-20(19(2)32(18)22-9-7-8-21(29)15-22)16-30-31-27(33)17-34-28-25-12-5-3-10-23(25)24-11-4-6-13-26(24)28/h3-16,28H,17H2,1-2H3,(H,31,33)/b30-16+. The molecule has 3 aromatic carbocycles. The molecular formula is C28H24BrN3OS. The molecule has 1 aromatic heterocycles. The third-order valence-corrected chi connectivity index (χ3v) is 7.85. The van der Waals surface area contributed by atoms with Crippen molar-refractivity contribution in [3.63, 3.8) is 0 Å². The lowest BCUT2D eigenvalue weighted by molar-refractivity contribution is -0.118. The van der Waals surface area contributed by atoms with Gasteiger partial charge in [0.1, 0.15) is 0 Å². The second-order valence-electron chi connectivity index (χ2n) is 8.30. The summed E-state index contributed by atoms with van der Waals surface area (Å²) in [6.45, 7) is 4.12. The summed E-state index contributed by atoms with van der Waals surface area (Å²) in [6.07, 6.45) is 1.72. The maximum Gasteiger partial charge on any atom is 0.250 e. The molecule has 1 aliphatic carbocycles. The predicted octanol–water partition coefficient (Wildman–Crippen LogP) is 6.81. The van der Waals surface area contributed by atoms with Crippen molar-refractivity contribution in [3.05, 3.63) is 111 Å². The van der Waals surface area contributed by atoms with Crippen molar-refractivity contribution in [2.75, 3.05) is 5.75 Å².